The minimum absolute atomic E-state index is 0.242. The van der Waals surface area contributed by atoms with E-state index in [1.807, 2.05) is 0 Å². The smallest absolute Gasteiger partial charge is 0.314 e. The lowest BCUT2D eigenvalue weighted by atomic mass is 9.97. The highest BCUT2D eigenvalue weighted by Gasteiger charge is 2.35. The number of hydrogen-bond donors (Lipinski definition) is 2. The lowest BCUT2D eigenvalue weighted by Gasteiger charge is -2.32. The molecule has 0 bridgehead atoms. The van der Waals surface area contributed by atoms with Crippen molar-refractivity contribution in [3.63, 3.8) is 0 Å². The fraction of sp³-hybridized carbons (Fsp3) is 0.529. The second-order valence-corrected chi connectivity index (χ2v) is 6.01. The van der Waals surface area contributed by atoms with E-state index in [0.717, 1.165) is 36.4 Å². The molecule has 0 saturated carbocycles. The minimum Gasteiger partial charge on any atom is -0.466 e. The Morgan fingerprint density at radius 3 is 2.67 bits per heavy atom. The maximum atomic E-state index is 13.6. The van der Waals surface area contributed by atoms with Crippen molar-refractivity contribution < 1.29 is 28.0 Å². The zero-order valence-electron chi connectivity index (χ0n) is 13.9. The molecule has 2 rings (SSSR count). The topological polar surface area (TPSA) is 59.8 Å². The van der Waals surface area contributed by atoms with Gasteiger partial charge in [-0.1, -0.05) is 6.07 Å². The molecular formula is C17H23F2N2O3+. The summed E-state index contributed by atoms with van der Waals surface area (Å²) in [5.41, 5.74) is -0.437. The van der Waals surface area contributed by atoms with Crippen LogP contribution in [0, 0.1) is 17.6 Å². The average Bonchev–Trinajstić information content (AvgIpc) is 2.57. The number of nitrogens with one attached hydrogen (secondary N) is 2. The van der Waals surface area contributed by atoms with Crippen LogP contribution in [-0.2, 0) is 14.3 Å². The number of esters is 1. The van der Waals surface area contributed by atoms with E-state index in [9.17, 15) is 18.4 Å². The van der Waals surface area contributed by atoms with Crippen LogP contribution >= 0.6 is 0 Å². The van der Waals surface area contributed by atoms with E-state index in [0.29, 0.717) is 13.2 Å². The zero-order valence-corrected chi connectivity index (χ0v) is 13.9. The summed E-state index contributed by atoms with van der Waals surface area (Å²) in [5, 5.41) is 2.32. The lowest BCUT2D eigenvalue weighted by molar-refractivity contribution is -0.921. The number of ether oxygens (including phenoxy) is 1. The van der Waals surface area contributed by atoms with Crippen molar-refractivity contribution in [3.8, 4) is 0 Å². The molecule has 24 heavy (non-hydrogen) atoms. The van der Waals surface area contributed by atoms with Crippen LogP contribution in [0.25, 0.3) is 0 Å². The SMILES string of the molecule is CCOC(=O)[C@H]1CCC[NH+]([C@@H](C)C(=O)Nc2c(F)cccc2F)C1. The molecule has 0 aromatic heterocycles. The number of para-hydroxylation sites is 1. The molecule has 1 aliphatic rings. The van der Waals surface area contributed by atoms with Crippen molar-refractivity contribution in [2.24, 2.45) is 5.92 Å². The predicted molar refractivity (Wildman–Crippen MR) is 84.5 cm³/mol. The third kappa shape index (κ3) is 4.29. The number of piperidine rings is 1. The van der Waals surface area contributed by atoms with E-state index in [1.54, 1.807) is 13.8 Å². The normalized spacial score (nSPS) is 21.8. The number of carbonyl (C=O) groups is 2. The maximum Gasteiger partial charge on any atom is 0.314 e. The first kappa shape index (κ1) is 18.3. The summed E-state index contributed by atoms with van der Waals surface area (Å²) in [4.78, 5) is 25.1. The van der Waals surface area contributed by atoms with Crippen molar-refractivity contribution in [2.75, 3.05) is 25.0 Å². The number of anilines is 1. The Hall–Kier alpha value is -2.02. The maximum absolute atomic E-state index is 13.6. The largest absolute Gasteiger partial charge is 0.466 e. The van der Waals surface area contributed by atoms with Gasteiger partial charge in [0.2, 0.25) is 0 Å². The van der Waals surface area contributed by atoms with Crippen LogP contribution in [0.15, 0.2) is 18.2 Å². The molecule has 1 aromatic rings. The van der Waals surface area contributed by atoms with Gasteiger partial charge in [0.15, 0.2) is 6.04 Å². The molecule has 1 aromatic carbocycles. The third-order valence-corrected chi connectivity index (χ3v) is 4.40. The van der Waals surface area contributed by atoms with Gasteiger partial charge in [-0.3, -0.25) is 9.59 Å². The second-order valence-electron chi connectivity index (χ2n) is 6.01. The van der Waals surface area contributed by atoms with Crippen molar-refractivity contribution in [2.45, 2.75) is 32.7 Å². The first-order chi connectivity index (χ1) is 11.4. The van der Waals surface area contributed by atoms with Gasteiger partial charge < -0.3 is 15.0 Å². The van der Waals surface area contributed by atoms with E-state index < -0.39 is 29.3 Å². The number of quaternary nitrogens is 1. The molecule has 1 aliphatic heterocycles. The van der Waals surface area contributed by atoms with Gasteiger partial charge >= 0.3 is 5.97 Å². The number of hydrogen-bond acceptors (Lipinski definition) is 3. The second kappa shape index (κ2) is 8.19. The van der Waals surface area contributed by atoms with Crippen LogP contribution < -0.4 is 10.2 Å². The molecule has 0 radical (unpaired) electrons. The predicted octanol–water partition coefficient (Wildman–Crippen LogP) is 1.15. The van der Waals surface area contributed by atoms with E-state index in [4.69, 9.17) is 4.74 Å². The van der Waals surface area contributed by atoms with E-state index >= 15 is 0 Å². The molecule has 132 valence electrons. The molecule has 1 saturated heterocycles. The monoisotopic (exact) mass is 341 g/mol. The van der Waals surface area contributed by atoms with Crippen molar-refractivity contribution in [1.82, 2.24) is 0 Å². The van der Waals surface area contributed by atoms with Crippen LogP contribution in [0.4, 0.5) is 14.5 Å². The summed E-state index contributed by atoms with van der Waals surface area (Å²) >= 11 is 0. The first-order valence-electron chi connectivity index (χ1n) is 8.20. The summed E-state index contributed by atoms with van der Waals surface area (Å²) in [7, 11) is 0. The van der Waals surface area contributed by atoms with Gasteiger partial charge in [0.05, 0.1) is 19.7 Å². The number of rotatable bonds is 5. The first-order valence-corrected chi connectivity index (χ1v) is 8.20. The molecule has 1 unspecified atom stereocenters. The number of likely N-dealkylation sites (tertiary alicyclic amines) is 1. The van der Waals surface area contributed by atoms with Gasteiger partial charge in [-0.15, -0.1) is 0 Å². The van der Waals surface area contributed by atoms with Crippen LogP contribution in [0.1, 0.15) is 26.7 Å². The average molecular weight is 341 g/mol. The van der Waals surface area contributed by atoms with Crippen molar-refractivity contribution in [1.29, 1.82) is 0 Å². The summed E-state index contributed by atoms with van der Waals surface area (Å²) in [6.45, 7) is 4.98. The Bertz CT molecular complexity index is 589. The summed E-state index contributed by atoms with van der Waals surface area (Å²) in [6.07, 6.45) is 1.53. The summed E-state index contributed by atoms with van der Waals surface area (Å²) in [5.74, 6) is -2.59. The van der Waals surface area contributed by atoms with Gasteiger partial charge in [-0.05, 0) is 38.8 Å². The number of amides is 1. The number of carbonyl (C=O) groups excluding carboxylic acids is 2. The Morgan fingerprint density at radius 2 is 2.04 bits per heavy atom. The fourth-order valence-electron chi connectivity index (χ4n) is 2.98. The highest BCUT2D eigenvalue weighted by molar-refractivity contribution is 5.93. The Balaban J connectivity index is 2.01. The molecule has 3 atom stereocenters. The standard InChI is InChI=1S/C17H22F2N2O3/c1-3-24-17(23)12-6-5-9-21(10-12)11(2)16(22)20-15-13(18)7-4-8-14(15)19/h4,7-8,11-12H,3,5-6,9-10H2,1-2H3,(H,20,22)/p+1/t11-,12-/m0/s1. The fourth-order valence-corrected chi connectivity index (χ4v) is 2.98. The molecule has 2 N–H and O–H groups in total. The van der Waals surface area contributed by atoms with Gasteiger partial charge in [0.25, 0.3) is 5.91 Å². The third-order valence-electron chi connectivity index (χ3n) is 4.40. The van der Waals surface area contributed by atoms with Crippen molar-refractivity contribution >= 4 is 17.6 Å². The van der Waals surface area contributed by atoms with Crippen LogP contribution in [0.2, 0.25) is 0 Å². The highest BCUT2D eigenvalue weighted by atomic mass is 19.1. The summed E-state index contributed by atoms with van der Waals surface area (Å²) < 4.78 is 32.3. The van der Waals surface area contributed by atoms with Crippen molar-refractivity contribution in [3.05, 3.63) is 29.8 Å². The van der Waals surface area contributed by atoms with E-state index in [-0.39, 0.29) is 11.9 Å². The van der Waals surface area contributed by atoms with E-state index in [2.05, 4.69) is 5.32 Å². The molecule has 0 aliphatic carbocycles. The molecule has 1 amide bonds. The summed E-state index contributed by atoms with van der Waals surface area (Å²) in [6, 6.07) is 2.90. The quantitative estimate of drug-likeness (QED) is 0.790. The lowest BCUT2D eigenvalue weighted by Crippen LogP contribution is -3.18. The Kier molecular flexibility index (Phi) is 6.25. The van der Waals surface area contributed by atoms with Crippen LogP contribution in [0.3, 0.4) is 0 Å². The van der Waals surface area contributed by atoms with E-state index in [1.165, 1.54) is 6.07 Å². The number of halogens is 2. The Morgan fingerprint density at radius 1 is 1.38 bits per heavy atom. The van der Waals surface area contributed by atoms with Gasteiger partial charge in [0.1, 0.15) is 23.2 Å². The molecule has 1 fully saturated rings. The van der Waals surface area contributed by atoms with Crippen LogP contribution in [0.5, 0.6) is 0 Å². The highest BCUT2D eigenvalue weighted by Crippen LogP contribution is 2.18. The van der Waals surface area contributed by atoms with Gasteiger partial charge in [-0.25, -0.2) is 8.78 Å². The molecule has 5 nitrogen and oxygen atoms in total. The van der Waals surface area contributed by atoms with Crippen LogP contribution in [-0.4, -0.2) is 37.6 Å². The number of benzene rings is 1. The molecule has 0 spiro atoms. The minimum atomic E-state index is -0.811. The van der Waals surface area contributed by atoms with Gasteiger partial charge in [0, 0.05) is 0 Å². The molecular weight excluding hydrogens is 318 g/mol. The zero-order chi connectivity index (χ0) is 17.7. The van der Waals surface area contributed by atoms with Gasteiger partial charge in [-0.2, -0.15) is 0 Å². The Labute approximate surface area is 140 Å². The molecule has 1 heterocycles. The molecule has 7 heteroatoms.